The van der Waals surface area contributed by atoms with E-state index in [1.807, 2.05) is 32.9 Å². The number of pyridine rings is 1. The van der Waals surface area contributed by atoms with Gasteiger partial charge in [0.05, 0.1) is 28.5 Å². The highest BCUT2D eigenvalue weighted by atomic mass is 79.9. The minimum atomic E-state index is -0.539. The van der Waals surface area contributed by atoms with E-state index in [0.717, 1.165) is 57.9 Å². The van der Waals surface area contributed by atoms with Crippen LogP contribution < -0.4 is 5.32 Å². The Kier molecular flexibility index (Phi) is 6.11. The number of nitrogens with zero attached hydrogens (tertiary/aromatic N) is 4. The Morgan fingerprint density at radius 2 is 1.97 bits per heavy atom. The summed E-state index contributed by atoms with van der Waals surface area (Å²) >= 11 is 3.71. The fraction of sp³-hybridized carbons (Fsp3) is 0.357. The number of aliphatic imine (C=N–C) groups is 1. The summed E-state index contributed by atoms with van der Waals surface area (Å²) in [7, 11) is 0. The van der Waals surface area contributed by atoms with E-state index in [9.17, 15) is 4.79 Å². The van der Waals surface area contributed by atoms with E-state index in [4.69, 9.17) is 14.7 Å². The largest absolute Gasteiger partial charge is 0.444 e. The Hall–Kier alpha value is -3.26. The third kappa shape index (κ3) is 4.28. The van der Waals surface area contributed by atoms with E-state index in [-0.39, 0.29) is 12.0 Å². The van der Waals surface area contributed by atoms with Crippen LogP contribution in [0.3, 0.4) is 0 Å². The molecule has 3 aromatic rings. The minimum absolute atomic E-state index is 0.0581. The van der Waals surface area contributed by atoms with Gasteiger partial charge < -0.3 is 10.1 Å². The van der Waals surface area contributed by atoms with E-state index >= 15 is 0 Å². The highest BCUT2D eigenvalue weighted by Crippen LogP contribution is 2.43. The van der Waals surface area contributed by atoms with Gasteiger partial charge in [-0.25, -0.2) is 19.8 Å². The Morgan fingerprint density at radius 3 is 2.58 bits per heavy atom. The van der Waals surface area contributed by atoms with Crippen molar-refractivity contribution in [1.29, 1.82) is 0 Å². The van der Waals surface area contributed by atoms with Crippen molar-refractivity contribution in [3.63, 3.8) is 0 Å². The molecule has 36 heavy (non-hydrogen) atoms. The van der Waals surface area contributed by atoms with E-state index in [1.165, 1.54) is 0 Å². The Balaban J connectivity index is 1.54. The maximum absolute atomic E-state index is 12.6. The predicted octanol–water partition coefficient (Wildman–Crippen LogP) is 6.98. The van der Waals surface area contributed by atoms with Crippen LogP contribution in [-0.2, 0) is 10.3 Å². The van der Waals surface area contributed by atoms with Crippen molar-refractivity contribution in [1.82, 2.24) is 19.9 Å². The lowest BCUT2D eigenvalue weighted by Crippen LogP contribution is -2.52. The second kappa shape index (κ2) is 9.00. The lowest BCUT2D eigenvalue weighted by Gasteiger charge is -2.43. The average Bonchev–Trinajstić information content (AvgIpc) is 3.10. The first-order chi connectivity index (χ1) is 17.1. The van der Waals surface area contributed by atoms with Crippen LogP contribution >= 0.6 is 15.9 Å². The third-order valence-corrected chi connectivity index (χ3v) is 7.35. The van der Waals surface area contributed by atoms with Crippen LogP contribution in [0.25, 0.3) is 16.9 Å². The van der Waals surface area contributed by atoms with Gasteiger partial charge in [-0.2, -0.15) is 0 Å². The van der Waals surface area contributed by atoms with Gasteiger partial charge in [0.15, 0.2) is 5.82 Å². The van der Waals surface area contributed by atoms with Gasteiger partial charge >= 0.3 is 6.09 Å². The maximum atomic E-state index is 12.6. The number of aromatic nitrogens is 3. The average molecular weight is 548 g/mol. The molecule has 8 heteroatoms. The second-order valence-corrected chi connectivity index (χ2v) is 11.1. The summed E-state index contributed by atoms with van der Waals surface area (Å²) in [4.78, 5) is 26.7. The van der Waals surface area contributed by atoms with Crippen LogP contribution in [0.1, 0.15) is 64.3 Å². The summed E-state index contributed by atoms with van der Waals surface area (Å²) in [6, 6.07) is 12.3. The van der Waals surface area contributed by atoms with E-state index in [1.54, 1.807) is 12.3 Å². The lowest BCUT2D eigenvalue weighted by atomic mass is 9.72. The lowest BCUT2D eigenvalue weighted by molar-refractivity contribution is 0.0377. The van der Waals surface area contributed by atoms with Crippen molar-refractivity contribution in [2.24, 2.45) is 4.99 Å². The molecule has 1 aromatic carbocycles. The normalized spacial score (nSPS) is 18.1. The number of carbonyl (C=O) groups is 1. The number of hydrogen-bond donors (Lipinski definition) is 1. The fourth-order valence-electron chi connectivity index (χ4n) is 4.88. The predicted molar refractivity (Wildman–Crippen MR) is 145 cm³/mol. The van der Waals surface area contributed by atoms with Crippen LogP contribution in [0.5, 0.6) is 0 Å². The summed E-state index contributed by atoms with van der Waals surface area (Å²) in [5, 5.41) is 3.14. The van der Waals surface area contributed by atoms with E-state index in [0.29, 0.717) is 5.82 Å². The van der Waals surface area contributed by atoms with Crippen LogP contribution in [0.15, 0.2) is 64.8 Å². The van der Waals surface area contributed by atoms with Crippen molar-refractivity contribution in [3.05, 3.63) is 71.2 Å². The number of benzene rings is 1. The van der Waals surface area contributed by atoms with Crippen LogP contribution in [0, 0.1) is 0 Å². The number of imidazole rings is 1. The monoisotopic (exact) mass is 547 g/mol. The Morgan fingerprint density at radius 1 is 1.25 bits per heavy atom. The molecule has 1 amide bonds. The molecule has 2 aromatic heterocycles. The quantitative estimate of drug-likeness (QED) is 0.382. The molecule has 1 saturated carbocycles. The molecule has 0 saturated heterocycles. The number of carbonyl (C=O) groups excluding carboxylic acids is 1. The van der Waals surface area contributed by atoms with Gasteiger partial charge in [0.25, 0.3) is 0 Å². The van der Waals surface area contributed by atoms with Crippen LogP contribution in [0.4, 0.5) is 10.6 Å². The van der Waals surface area contributed by atoms with Gasteiger partial charge in [-0.05, 0) is 86.7 Å². The molecule has 3 heterocycles. The molecule has 0 radical (unpaired) electrons. The Bertz CT molecular complexity index is 1360. The van der Waals surface area contributed by atoms with Gasteiger partial charge in [-0.3, -0.25) is 4.57 Å². The van der Waals surface area contributed by atoms with Gasteiger partial charge in [0.2, 0.25) is 0 Å². The molecule has 0 spiro atoms. The smallest absolute Gasteiger partial charge is 0.408 e. The van der Waals surface area contributed by atoms with Crippen molar-refractivity contribution in [3.8, 4) is 16.9 Å². The summed E-state index contributed by atoms with van der Waals surface area (Å²) in [6.07, 6.45) is 5.96. The van der Waals surface area contributed by atoms with Crippen molar-refractivity contribution < 1.29 is 9.53 Å². The van der Waals surface area contributed by atoms with Crippen LogP contribution in [-0.4, -0.2) is 31.9 Å². The second-order valence-electron chi connectivity index (χ2n) is 10.4. The number of amides is 1. The standard InChI is InChI=1S/C28H30BrN5O2/c1-6-20-17(2)25-32-23(29)22(34(25)21-9-7-16-30-24(21)31-20)18-10-12-19(13-11-18)28(14-8-15-28)33-26(35)36-27(3,4)5/h6-7,9-13,16-17H,1,8,14-15H2,2-5H3,(H,33,35). The fourth-order valence-corrected chi connectivity index (χ4v) is 5.47. The molecule has 1 unspecified atom stereocenters. The van der Waals surface area contributed by atoms with Crippen molar-refractivity contribution in [2.45, 2.75) is 64.0 Å². The molecule has 1 aliphatic heterocycles. The summed E-state index contributed by atoms with van der Waals surface area (Å²) in [5.41, 5.74) is 3.76. The highest BCUT2D eigenvalue weighted by Gasteiger charge is 2.41. The van der Waals surface area contributed by atoms with Crippen molar-refractivity contribution in [2.75, 3.05) is 0 Å². The summed E-state index contributed by atoms with van der Waals surface area (Å²) < 4.78 is 8.41. The maximum Gasteiger partial charge on any atom is 0.408 e. The number of hydrogen-bond acceptors (Lipinski definition) is 5. The topological polar surface area (TPSA) is 81.4 Å². The molecule has 5 rings (SSSR count). The van der Waals surface area contributed by atoms with Crippen molar-refractivity contribution >= 4 is 33.6 Å². The number of nitrogens with one attached hydrogen (secondary N) is 1. The SMILES string of the molecule is C=CC1=Nc2ncccc2-n2c(nc(Br)c2-c2ccc(C3(NC(=O)OC(C)(C)C)CCC3)cc2)C1C. The molecule has 1 N–H and O–H groups in total. The zero-order valence-corrected chi connectivity index (χ0v) is 22.6. The highest BCUT2D eigenvalue weighted by molar-refractivity contribution is 9.10. The van der Waals surface area contributed by atoms with Gasteiger partial charge in [-0.1, -0.05) is 30.8 Å². The molecule has 0 bridgehead atoms. The zero-order valence-electron chi connectivity index (χ0n) is 21.0. The molecule has 186 valence electrons. The zero-order chi connectivity index (χ0) is 25.7. The Labute approximate surface area is 219 Å². The molecule has 1 fully saturated rings. The van der Waals surface area contributed by atoms with E-state index in [2.05, 4.69) is 68.6 Å². The third-order valence-electron chi connectivity index (χ3n) is 6.80. The molecule has 1 aliphatic carbocycles. The van der Waals surface area contributed by atoms with Gasteiger partial charge in [-0.15, -0.1) is 0 Å². The molecule has 7 nitrogen and oxygen atoms in total. The number of allylic oxidation sites excluding steroid dienone is 1. The number of alkyl carbamates (subject to hydrolysis) is 1. The number of fused-ring (bicyclic) bond motifs is 3. The first-order valence-corrected chi connectivity index (χ1v) is 13.0. The first kappa shape index (κ1) is 24.4. The van der Waals surface area contributed by atoms with Crippen LogP contribution in [0.2, 0.25) is 0 Å². The number of halogens is 1. The molecular formula is C28H30BrN5O2. The molecular weight excluding hydrogens is 518 g/mol. The number of rotatable bonds is 4. The summed E-state index contributed by atoms with van der Waals surface area (Å²) in [5.74, 6) is 1.45. The van der Waals surface area contributed by atoms with E-state index < -0.39 is 11.1 Å². The minimum Gasteiger partial charge on any atom is -0.444 e. The molecule has 2 aliphatic rings. The van der Waals surface area contributed by atoms with Gasteiger partial charge in [0, 0.05) is 11.8 Å². The van der Waals surface area contributed by atoms with Gasteiger partial charge in [0.1, 0.15) is 16.0 Å². The number of ether oxygens (including phenoxy) is 1. The molecule has 1 atom stereocenters. The first-order valence-electron chi connectivity index (χ1n) is 12.2. The summed E-state index contributed by atoms with van der Waals surface area (Å²) in [6.45, 7) is 11.6.